The van der Waals surface area contributed by atoms with Crippen LogP contribution in [0.15, 0.2) is 41.3 Å². The predicted molar refractivity (Wildman–Crippen MR) is 96.6 cm³/mol. The number of anilines is 1. The fraction of sp³-hybridized carbons (Fsp3) is 0.278. The van der Waals surface area contributed by atoms with Gasteiger partial charge >= 0.3 is 0 Å². The summed E-state index contributed by atoms with van der Waals surface area (Å²) in [5.74, 6) is -0.645. The summed E-state index contributed by atoms with van der Waals surface area (Å²) in [6.45, 7) is 1.71. The van der Waals surface area contributed by atoms with E-state index in [2.05, 4.69) is 4.72 Å². The zero-order valence-electron chi connectivity index (χ0n) is 14.0. The lowest BCUT2D eigenvalue weighted by Gasteiger charge is -2.26. The third-order valence-electron chi connectivity index (χ3n) is 4.56. The summed E-state index contributed by atoms with van der Waals surface area (Å²) in [5, 5.41) is 0. The van der Waals surface area contributed by atoms with Gasteiger partial charge in [0.2, 0.25) is 15.9 Å². The van der Waals surface area contributed by atoms with E-state index in [1.54, 1.807) is 19.1 Å². The Morgan fingerprint density at radius 1 is 1.20 bits per heavy atom. The maximum atomic E-state index is 12.8. The summed E-state index contributed by atoms with van der Waals surface area (Å²) in [6.07, 6.45) is 2.48. The Kier molecular flexibility index (Phi) is 4.53. The summed E-state index contributed by atoms with van der Waals surface area (Å²) in [5.41, 5.74) is 14.7. The van der Waals surface area contributed by atoms with E-state index in [1.165, 1.54) is 12.1 Å². The first-order valence-electron chi connectivity index (χ1n) is 8.09. The molecule has 0 aromatic heterocycles. The van der Waals surface area contributed by atoms with Crippen molar-refractivity contribution in [1.29, 1.82) is 0 Å². The van der Waals surface area contributed by atoms with Crippen LogP contribution in [0.5, 0.6) is 0 Å². The predicted octanol–water partition coefficient (Wildman–Crippen LogP) is 2.03. The number of sulfonamides is 1. The van der Waals surface area contributed by atoms with Crippen LogP contribution < -0.4 is 16.2 Å². The van der Waals surface area contributed by atoms with Crippen LogP contribution in [-0.2, 0) is 16.4 Å². The molecule has 1 aliphatic rings. The molecular weight excluding hydrogens is 338 g/mol. The number of nitrogens with two attached hydrogens (primary N) is 2. The summed E-state index contributed by atoms with van der Waals surface area (Å²) in [7, 11) is -3.77. The molecule has 1 atom stereocenters. The van der Waals surface area contributed by atoms with Crippen molar-refractivity contribution in [2.24, 2.45) is 5.73 Å². The highest BCUT2D eigenvalue weighted by molar-refractivity contribution is 7.89. The van der Waals surface area contributed by atoms with Crippen molar-refractivity contribution in [1.82, 2.24) is 4.72 Å². The lowest BCUT2D eigenvalue weighted by Crippen LogP contribution is -2.31. The van der Waals surface area contributed by atoms with Crippen LogP contribution in [0.1, 0.15) is 45.9 Å². The minimum Gasteiger partial charge on any atom is -0.399 e. The SMILES string of the molecule is Cc1ccc(S(=O)(=O)NC2CCCc3cc(N)ccc32)cc1C(N)=O. The Hall–Kier alpha value is -2.38. The zero-order valence-corrected chi connectivity index (χ0v) is 14.8. The minimum absolute atomic E-state index is 0.0365. The minimum atomic E-state index is -3.77. The quantitative estimate of drug-likeness (QED) is 0.724. The molecule has 2 aromatic carbocycles. The second kappa shape index (κ2) is 6.50. The Morgan fingerprint density at radius 2 is 1.96 bits per heavy atom. The van der Waals surface area contributed by atoms with Crippen LogP contribution >= 0.6 is 0 Å². The number of nitrogen functional groups attached to an aromatic ring is 1. The average Bonchev–Trinajstić information content (AvgIpc) is 2.54. The molecule has 25 heavy (non-hydrogen) atoms. The van der Waals surface area contributed by atoms with Gasteiger partial charge in [0.25, 0.3) is 0 Å². The summed E-state index contributed by atoms with van der Waals surface area (Å²) in [6, 6.07) is 9.64. The lowest BCUT2D eigenvalue weighted by molar-refractivity contribution is 0.0999. The van der Waals surface area contributed by atoms with Crippen molar-refractivity contribution in [2.45, 2.75) is 37.1 Å². The zero-order chi connectivity index (χ0) is 18.2. The maximum absolute atomic E-state index is 12.8. The van der Waals surface area contributed by atoms with Gasteiger partial charge in [-0.25, -0.2) is 13.1 Å². The highest BCUT2D eigenvalue weighted by Crippen LogP contribution is 2.32. The van der Waals surface area contributed by atoms with Crippen LogP contribution in [0.3, 0.4) is 0 Å². The fourth-order valence-corrected chi connectivity index (χ4v) is 4.52. The number of fused-ring (bicyclic) bond motifs is 1. The van der Waals surface area contributed by atoms with E-state index in [1.807, 2.05) is 12.1 Å². The van der Waals surface area contributed by atoms with E-state index in [9.17, 15) is 13.2 Å². The number of hydrogen-bond donors (Lipinski definition) is 3. The first-order valence-corrected chi connectivity index (χ1v) is 9.57. The molecule has 0 fully saturated rings. The molecule has 132 valence electrons. The summed E-state index contributed by atoms with van der Waals surface area (Å²) >= 11 is 0. The Morgan fingerprint density at radius 3 is 2.68 bits per heavy atom. The first kappa shape index (κ1) is 17.4. The van der Waals surface area contributed by atoms with E-state index < -0.39 is 15.9 Å². The number of amides is 1. The van der Waals surface area contributed by atoms with Gasteiger partial charge in [0.1, 0.15) is 0 Å². The molecule has 0 aliphatic heterocycles. The van der Waals surface area contributed by atoms with Gasteiger partial charge < -0.3 is 11.5 Å². The maximum Gasteiger partial charge on any atom is 0.249 e. The molecule has 0 saturated heterocycles. The smallest absolute Gasteiger partial charge is 0.249 e. The van der Waals surface area contributed by atoms with E-state index in [0.29, 0.717) is 17.7 Å². The number of primary amides is 1. The van der Waals surface area contributed by atoms with Crippen molar-refractivity contribution >= 4 is 21.6 Å². The van der Waals surface area contributed by atoms with Crippen LogP contribution in [0.2, 0.25) is 0 Å². The number of aryl methyl sites for hydroxylation is 2. The molecule has 1 unspecified atom stereocenters. The van der Waals surface area contributed by atoms with E-state index >= 15 is 0 Å². The molecule has 0 radical (unpaired) electrons. The van der Waals surface area contributed by atoms with Crippen molar-refractivity contribution in [3.05, 3.63) is 58.7 Å². The first-order chi connectivity index (χ1) is 11.8. The normalized spacial score (nSPS) is 17.1. The van der Waals surface area contributed by atoms with E-state index in [0.717, 1.165) is 24.0 Å². The molecule has 3 rings (SSSR count). The number of carbonyl (C=O) groups is 1. The molecule has 5 N–H and O–H groups in total. The number of carbonyl (C=O) groups excluding carboxylic acids is 1. The Labute approximate surface area is 147 Å². The topological polar surface area (TPSA) is 115 Å². The molecule has 6 nitrogen and oxygen atoms in total. The van der Waals surface area contributed by atoms with Gasteiger partial charge in [-0.3, -0.25) is 4.79 Å². The number of rotatable bonds is 4. The van der Waals surface area contributed by atoms with Gasteiger partial charge in [0.05, 0.1) is 4.90 Å². The monoisotopic (exact) mass is 359 g/mol. The van der Waals surface area contributed by atoms with Crippen LogP contribution in [0.4, 0.5) is 5.69 Å². The molecule has 0 heterocycles. The van der Waals surface area contributed by atoms with Crippen molar-refractivity contribution in [2.75, 3.05) is 5.73 Å². The van der Waals surface area contributed by atoms with Crippen molar-refractivity contribution in [3.8, 4) is 0 Å². The van der Waals surface area contributed by atoms with Gasteiger partial charge in [-0.2, -0.15) is 0 Å². The lowest BCUT2D eigenvalue weighted by atomic mass is 9.88. The summed E-state index contributed by atoms with van der Waals surface area (Å²) in [4.78, 5) is 11.5. The van der Waals surface area contributed by atoms with Crippen LogP contribution in [-0.4, -0.2) is 14.3 Å². The molecule has 2 aromatic rings. The highest BCUT2D eigenvalue weighted by atomic mass is 32.2. The Bertz CT molecular complexity index is 939. The second-order valence-corrected chi connectivity index (χ2v) is 8.08. The molecular formula is C18H21N3O3S. The standard InChI is InChI=1S/C18H21N3O3S/c1-11-5-7-14(10-16(11)18(20)22)25(23,24)21-17-4-2-3-12-9-13(19)6-8-15(12)17/h5-10,17,21H,2-4,19H2,1H3,(H2,20,22). The van der Waals surface area contributed by atoms with Gasteiger partial charge in [-0.05, 0) is 67.1 Å². The van der Waals surface area contributed by atoms with E-state index in [4.69, 9.17) is 11.5 Å². The van der Waals surface area contributed by atoms with Gasteiger partial charge in [-0.1, -0.05) is 12.1 Å². The van der Waals surface area contributed by atoms with Gasteiger partial charge in [0, 0.05) is 17.3 Å². The van der Waals surface area contributed by atoms with Gasteiger partial charge in [0.15, 0.2) is 0 Å². The largest absolute Gasteiger partial charge is 0.399 e. The number of benzene rings is 2. The third-order valence-corrected chi connectivity index (χ3v) is 6.03. The van der Waals surface area contributed by atoms with Gasteiger partial charge in [-0.15, -0.1) is 0 Å². The average molecular weight is 359 g/mol. The molecule has 1 aliphatic carbocycles. The number of hydrogen-bond acceptors (Lipinski definition) is 4. The molecule has 0 bridgehead atoms. The van der Waals surface area contributed by atoms with Crippen molar-refractivity contribution in [3.63, 3.8) is 0 Å². The Balaban J connectivity index is 1.93. The highest BCUT2D eigenvalue weighted by Gasteiger charge is 2.26. The second-order valence-electron chi connectivity index (χ2n) is 6.37. The fourth-order valence-electron chi connectivity index (χ4n) is 3.25. The molecule has 1 amide bonds. The molecule has 0 spiro atoms. The summed E-state index contributed by atoms with van der Waals surface area (Å²) < 4.78 is 28.3. The third kappa shape index (κ3) is 3.52. The number of nitrogens with one attached hydrogen (secondary N) is 1. The van der Waals surface area contributed by atoms with Crippen molar-refractivity contribution < 1.29 is 13.2 Å². The van der Waals surface area contributed by atoms with Crippen LogP contribution in [0, 0.1) is 6.92 Å². The molecule has 0 saturated carbocycles. The van der Waals surface area contributed by atoms with Crippen LogP contribution in [0.25, 0.3) is 0 Å². The molecule has 7 heteroatoms. The van der Waals surface area contributed by atoms with E-state index in [-0.39, 0.29) is 16.5 Å².